The van der Waals surface area contributed by atoms with E-state index in [2.05, 4.69) is 10.3 Å². The van der Waals surface area contributed by atoms with Crippen molar-refractivity contribution in [3.63, 3.8) is 0 Å². The lowest BCUT2D eigenvalue weighted by Crippen LogP contribution is -2.67. The smallest absolute Gasteiger partial charge is 0.392 e. The Kier molecular flexibility index (Phi) is 15.2. The molecule has 0 unspecified atom stereocenters. The summed E-state index contributed by atoms with van der Waals surface area (Å²) in [5.74, 6) is -2.53. The molecule has 350 valence electrons. The highest BCUT2D eigenvalue weighted by atomic mass is 35.5. The largest absolute Gasteiger partial charge is 0.457 e. The molecule has 0 spiro atoms. The molecule has 6 rings (SSSR count). The molecule has 2 fully saturated rings. The Morgan fingerprint density at radius 1 is 0.985 bits per heavy atom. The zero-order chi connectivity index (χ0) is 47.4. The third-order valence-corrected chi connectivity index (χ3v) is 12.6. The van der Waals surface area contributed by atoms with Crippen LogP contribution in [0.2, 0.25) is 10.0 Å². The van der Waals surface area contributed by atoms with E-state index < -0.39 is 72.4 Å². The Balaban J connectivity index is 1.37. The lowest BCUT2D eigenvalue weighted by Gasteiger charge is -2.50. The summed E-state index contributed by atoms with van der Waals surface area (Å²) >= 11 is 12.6. The molecular weight excluding hydrogens is 890 g/mol. The minimum absolute atomic E-state index is 0.0536. The van der Waals surface area contributed by atoms with Gasteiger partial charge in [0.2, 0.25) is 17.7 Å². The van der Waals surface area contributed by atoms with Gasteiger partial charge >= 0.3 is 6.18 Å². The molecule has 2 bridgehead atoms. The zero-order valence-electron chi connectivity index (χ0n) is 37.1. The molecule has 0 saturated carbocycles. The third-order valence-electron chi connectivity index (χ3n) is 12.1. The standard InChI is InChI=1S/C46H54Cl2F3N7O7/c1-29-41(60)53-36(26-64-6)42(61)56(5)44(21-30-8-13-33(47)14-9-30)18-7-19-57(28-44)43(62)45(63,27-46(49,50)51)22-40(59)58(29)24-32-10-15-34(48)20-38(32)65-35-16-11-31(12-17-35)37-23-52-39(55(37)4)25-54(2)3/h8-17,20,23,29,36,63H,7,18-19,21-22,24-28H2,1-6H3,(H,53,60)/t29-,36-,44+,45-/m0/s1. The topological polar surface area (TPSA) is 150 Å². The van der Waals surface area contributed by atoms with Crippen LogP contribution in [0.15, 0.2) is 72.9 Å². The van der Waals surface area contributed by atoms with Crippen LogP contribution >= 0.6 is 23.2 Å². The van der Waals surface area contributed by atoms with Crippen LogP contribution in [0.3, 0.4) is 0 Å². The number of imidazole rings is 1. The van der Waals surface area contributed by atoms with Crippen LogP contribution in [0.25, 0.3) is 11.3 Å². The quantitative estimate of drug-likeness (QED) is 0.168. The number of aromatic nitrogens is 2. The van der Waals surface area contributed by atoms with Gasteiger partial charge in [0.1, 0.15) is 29.4 Å². The number of methoxy groups -OCH3 is 1. The Labute approximate surface area is 386 Å². The second kappa shape index (κ2) is 20.1. The number of halogens is 5. The van der Waals surface area contributed by atoms with Crippen molar-refractivity contribution < 1.29 is 46.9 Å². The highest BCUT2D eigenvalue weighted by molar-refractivity contribution is 6.31. The lowest BCUT2D eigenvalue weighted by molar-refractivity contribution is -0.195. The summed E-state index contributed by atoms with van der Waals surface area (Å²) in [6.45, 7) is 0.911. The van der Waals surface area contributed by atoms with Crippen molar-refractivity contribution in [2.75, 3.05) is 47.9 Å². The van der Waals surface area contributed by atoms with Crippen LogP contribution in [-0.2, 0) is 50.5 Å². The van der Waals surface area contributed by atoms with Crippen molar-refractivity contribution in [3.8, 4) is 22.8 Å². The fraction of sp³-hybridized carbons (Fsp3) is 0.457. The maximum atomic E-state index is 14.6. The van der Waals surface area contributed by atoms with Crippen LogP contribution in [0.5, 0.6) is 11.5 Å². The highest BCUT2D eigenvalue weighted by Gasteiger charge is 2.53. The maximum Gasteiger partial charge on any atom is 0.392 e. The number of aliphatic hydroxyl groups is 1. The number of ether oxygens (including phenoxy) is 2. The van der Waals surface area contributed by atoms with Gasteiger partial charge in [-0.1, -0.05) is 41.4 Å². The van der Waals surface area contributed by atoms with Gasteiger partial charge in [0, 0.05) is 55.5 Å². The first-order chi connectivity index (χ1) is 30.6. The van der Waals surface area contributed by atoms with E-state index in [9.17, 15) is 37.5 Å². The first kappa shape index (κ1) is 49.2. The van der Waals surface area contributed by atoms with E-state index in [1.807, 2.05) is 42.7 Å². The van der Waals surface area contributed by atoms with Crippen LogP contribution in [-0.4, -0.2) is 135 Å². The van der Waals surface area contributed by atoms with Gasteiger partial charge in [0.05, 0.1) is 50.0 Å². The van der Waals surface area contributed by atoms with Crippen LogP contribution in [0, 0.1) is 0 Å². The fourth-order valence-corrected chi connectivity index (χ4v) is 8.87. The summed E-state index contributed by atoms with van der Waals surface area (Å²) in [5, 5.41) is 15.4. The summed E-state index contributed by atoms with van der Waals surface area (Å²) in [5.41, 5.74) is -1.80. The number of nitrogens with zero attached hydrogens (tertiary/aromatic N) is 6. The van der Waals surface area contributed by atoms with E-state index in [0.717, 1.165) is 26.9 Å². The Bertz CT molecular complexity index is 2370. The van der Waals surface area contributed by atoms with E-state index in [0.29, 0.717) is 29.3 Å². The molecule has 2 saturated heterocycles. The van der Waals surface area contributed by atoms with Gasteiger partial charge in [0.15, 0.2) is 5.60 Å². The second-order valence-corrected chi connectivity index (χ2v) is 18.1. The summed E-state index contributed by atoms with van der Waals surface area (Å²) in [6.07, 6.45) is -6.01. The van der Waals surface area contributed by atoms with E-state index in [1.54, 1.807) is 42.6 Å². The number of rotatable bonds is 12. The molecule has 2 aliphatic rings. The summed E-state index contributed by atoms with van der Waals surface area (Å²) in [6, 6.07) is 15.7. The van der Waals surface area contributed by atoms with Gasteiger partial charge < -0.3 is 44.1 Å². The van der Waals surface area contributed by atoms with E-state index in [4.69, 9.17) is 32.7 Å². The lowest BCUT2D eigenvalue weighted by atomic mass is 9.80. The van der Waals surface area contributed by atoms with Gasteiger partial charge in [-0.25, -0.2) is 4.98 Å². The van der Waals surface area contributed by atoms with E-state index >= 15 is 0 Å². The maximum absolute atomic E-state index is 14.6. The van der Waals surface area contributed by atoms with E-state index in [-0.39, 0.29) is 48.9 Å². The number of likely N-dealkylation sites (N-methyl/N-ethyl adjacent to an activating group) is 1. The zero-order valence-corrected chi connectivity index (χ0v) is 38.6. The van der Waals surface area contributed by atoms with Crippen molar-refractivity contribution >= 4 is 46.8 Å². The molecule has 3 aromatic carbocycles. The number of hydrogen-bond acceptors (Lipinski definition) is 9. The van der Waals surface area contributed by atoms with Gasteiger partial charge in [-0.15, -0.1) is 0 Å². The van der Waals surface area contributed by atoms with Gasteiger partial charge in [-0.2, -0.15) is 13.2 Å². The molecule has 2 N–H and O–H groups in total. The molecule has 3 heterocycles. The third kappa shape index (κ3) is 11.6. The van der Waals surface area contributed by atoms with Crippen molar-refractivity contribution in [2.45, 2.75) is 81.5 Å². The predicted octanol–water partition coefficient (Wildman–Crippen LogP) is 6.25. The molecule has 4 amide bonds. The van der Waals surface area contributed by atoms with Crippen molar-refractivity contribution in [1.29, 1.82) is 0 Å². The van der Waals surface area contributed by atoms with Crippen LogP contribution in [0.4, 0.5) is 13.2 Å². The summed E-state index contributed by atoms with van der Waals surface area (Å²) in [7, 11) is 8.68. The molecule has 14 nitrogen and oxygen atoms in total. The monoisotopic (exact) mass is 943 g/mol. The number of nitrogens with one attached hydrogen (secondary N) is 1. The first-order valence-corrected chi connectivity index (χ1v) is 21.8. The van der Waals surface area contributed by atoms with Crippen LogP contribution in [0.1, 0.15) is 49.6 Å². The van der Waals surface area contributed by atoms with Crippen molar-refractivity contribution in [1.82, 2.24) is 34.5 Å². The second-order valence-electron chi connectivity index (χ2n) is 17.2. The predicted molar refractivity (Wildman–Crippen MR) is 238 cm³/mol. The fourth-order valence-electron chi connectivity index (χ4n) is 8.58. The van der Waals surface area contributed by atoms with Gasteiger partial charge in [-0.3, -0.25) is 19.2 Å². The summed E-state index contributed by atoms with van der Waals surface area (Å²) < 4.78 is 57.0. The molecular formula is C46H54Cl2F3N7O7. The molecule has 2 aliphatic heterocycles. The average Bonchev–Trinajstić information content (AvgIpc) is 3.60. The number of fused-ring (bicyclic) bond motifs is 2. The normalized spacial score (nSPS) is 22.6. The minimum atomic E-state index is -5.10. The Hall–Kier alpha value is -5.20. The number of benzene rings is 3. The first-order valence-electron chi connectivity index (χ1n) is 21.0. The van der Waals surface area contributed by atoms with Gasteiger partial charge in [0.25, 0.3) is 5.91 Å². The molecule has 4 aromatic rings. The molecule has 65 heavy (non-hydrogen) atoms. The molecule has 0 aliphatic carbocycles. The number of carbonyl (C=O) groups is 4. The van der Waals surface area contributed by atoms with E-state index in [1.165, 1.54) is 44.2 Å². The Morgan fingerprint density at radius 2 is 1.66 bits per heavy atom. The number of piperidine rings is 1. The van der Waals surface area contributed by atoms with Crippen LogP contribution < -0.4 is 10.1 Å². The highest BCUT2D eigenvalue weighted by Crippen LogP contribution is 2.38. The van der Waals surface area contributed by atoms with Crippen molar-refractivity contribution in [3.05, 3.63) is 99.9 Å². The number of amides is 4. The minimum Gasteiger partial charge on any atom is -0.457 e. The number of alkyl halides is 3. The Morgan fingerprint density at radius 3 is 2.31 bits per heavy atom. The molecule has 4 atom stereocenters. The van der Waals surface area contributed by atoms with Gasteiger partial charge in [-0.05, 0) is 94.4 Å². The number of hydrogen-bond donors (Lipinski definition) is 2. The summed E-state index contributed by atoms with van der Waals surface area (Å²) in [4.78, 5) is 67.9. The molecule has 0 radical (unpaired) electrons. The molecule has 1 aromatic heterocycles. The average molecular weight is 945 g/mol. The SMILES string of the molecule is COC[C@@H]1NC(=O)[C@H](C)N(Cc2ccc(Cl)cc2Oc2ccc(-c3cnc(CN(C)C)n3C)cc2)C(=O)C[C@](O)(CC(F)(F)F)C(=O)N2CCC[C@@](Cc3ccc(Cl)cc3)(C2)N(C)C1=O. The van der Waals surface area contributed by atoms with Crippen molar-refractivity contribution in [2.24, 2.45) is 7.05 Å². The molecule has 19 heteroatoms. The number of carbonyl (C=O) groups excluding carboxylic acids is 4.